The molecule has 6 nitrogen and oxygen atoms in total. The van der Waals surface area contributed by atoms with Crippen LogP contribution in [-0.2, 0) is 9.31 Å². The van der Waals surface area contributed by atoms with Gasteiger partial charge in [0.05, 0.1) is 11.2 Å². The molecule has 1 fully saturated rings. The zero-order valence-electron chi connectivity index (χ0n) is 16.7. The first-order valence-corrected chi connectivity index (χ1v) is 9.35. The first kappa shape index (κ1) is 20.7. The molecule has 1 heterocycles. The zero-order valence-corrected chi connectivity index (χ0v) is 16.7. The van der Waals surface area contributed by atoms with E-state index in [9.17, 15) is 0 Å². The van der Waals surface area contributed by atoms with Crippen molar-refractivity contribution in [2.24, 2.45) is 0 Å². The fraction of sp³-hybridized carbons (Fsp3) is 0.400. The van der Waals surface area contributed by atoms with Gasteiger partial charge in [0.2, 0.25) is 0 Å². The Balaban J connectivity index is 1.46. The summed E-state index contributed by atoms with van der Waals surface area (Å²) in [5.41, 5.74) is 0.647. The van der Waals surface area contributed by atoms with Gasteiger partial charge in [0.15, 0.2) is 0 Å². The van der Waals surface area contributed by atoms with Crippen molar-refractivity contribution in [3.8, 4) is 11.5 Å². The number of hydrogen-bond donors (Lipinski definition) is 2. The Hall–Kier alpha value is -1.99. The third-order valence-electron chi connectivity index (χ3n) is 5.20. The number of rotatable bonds is 7. The van der Waals surface area contributed by atoms with E-state index < -0.39 is 7.12 Å². The summed E-state index contributed by atoms with van der Waals surface area (Å²) < 4.78 is 23.4. The molecule has 0 bridgehead atoms. The van der Waals surface area contributed by atoms with E-state index in [1.54, 1.807) is 24.3 Å². The van der Waals surface area contributed by atoms with Gasteiger partial charge in [-0.15, -0.1) is 0 Å². The minimum atomic E-state index is -1.47. The largest absolute Gasteiger partial charge is 0.494 e. The van der Waals surface area contributed by atoms with Gasteiger partial charge in [0, 0.05) is 0 Å². The van der Waals surface area contributed by atoms with Crippen LogP contribution in [0.4, 0.5) is 0 Å². The fourth-order valence-electron chi connectivity index (χ4n) is 2.76. The molecule has 0 spiro atoms. The summed E-state index contributed by atoms with van der Waals surface area (Å²) in [7, 11) is -1.86. The molecule has 0 amide bonds. The third kappa shape index (κ3) is 4.70. The van der Waals surface area contributed by atoms with Gasteiger partial charge in [-0.3, -0.25) is 0 Å². The van der Waals surface area contributed by atoms with Crippen LogP contribution in [0.15, 0.2) is 48.5 Å². The predicted octanol–water partition coefficient (Wildman–Crippen LogP) is 1.12. The van der Waals surface area contributed by atoms with E-state index in [0.717, 1.165) is 11.2 Å². The molecule has 0 unspecified atom stereocenters. The average molecular weight is 384 g/mol. The van der Waals surface area contributed by atoms with Crippen molar-refractivity contribution < 1.29 is 28.8 Å². The molecule has 2 N–H and O–H groups in total. The first-order valence-electron chi connectivity index (χ1n) is 9.35. The van der Waals surface area contributed by atoms with Gasteiger partial charge in [-0.25, -0.2) is 0 Å². The minimum Gasteiger partial charge on any atom is -0.490 e. The third-order valence-corrected chi connectivity index (χ3v) is 5.20. The normalized spacial score (nSPS) is 17.4. The molecule has 2 aromatic carbocycles. The lowest BCUT2D eigenvalue weighted by atomic mass is 9.79. The Labute approximate surface area is 166 Å². The number of ether oxygens (including phenoxy) is 2. The summed E-state index contributed by atoms with van der Waals surface area (Å²) in [4.78, 5) is 0. The topological polar surface area (TPSA) is 77.4 Å². The SMILES string of the molecule is CC1(C)OB(c2ccc(OCCOc3ccc(B(O)O)cc3)cc2)OC1(C)C. The van der Waals surface area contributed by atoms with E-state index in [1.807, 2.05) is 52.0 Å². The number of benzene rings is 2. The molecular formula is C20H26B2O6. The maximum absolute atomic E-state index is 9.07. The molecule has 0 atom stereocenters. The smallest absolute Gasteiger partial charge is 0.490 e. The monoisotopic (exact) mass is 384 g/mol. The van der Waals surface area contributed by atoms with Crippen molar-refractivity contribution in [1.82, 2.24) is 0 Å². The van der Waals surface area contributed by atoms with Gasteiger partial charge < -0.3 is 28.8 Å². The van der Waals surface area contributed by atoms with Crippen molar-refractivity contribution in [3.63, 3.8) is 0 Å². The van der Waals surface area contributed by atoms with Crippen molar-refractivity contribution in [2.45, 2.75) is 38.9 Å². The summed E-state index contributed by atoms with van der Waals surface area (Å²) in [5, 5.41) is 18.1. The molecule has 8 heteroatoms. The molecule has 0 aliphatic carbocycles. The van der Waals surface area contributed by atoms with E-state index in [4.69, 9.17) is 28.8 Å². The van der Waals surface area contributed by atoms with Gasteiger partial charge in [0.25, 0.3) is 0 Å². The van der Waals surface area contributed by atoms with Crippen LogP contribution in [0.2, 0.25) is 0 Å². The Morgan fingerprint density at radius 2 is 1.21 bits per heavy atom. The Morgan fingerprint density at radius 1 is 0.786 bits per heavy atom. The quantitative estimate of drug-likeness (QED) is 0.551. The van der Waals surface area contributed by atoms with E-state index in [2.05, 4.69) is 0 Å². The maximum atomic E-state index is 9.07. The molecule has 1 saturated heterocycles. The van der Waals surface area contributed by atoms with Crippen LogP contribution in [0.5, 0.6) is 11.5 Å². The lowest BCUT2D eigenvalue weighted by Crippen LogP contribution is -2.41. The summed E-state index contributed by atoms with van der Waals surface area (Å²) in [5.74, 6) is 1.38. The fourth-order valence-corrected chi connectivity index (χ4v) is 2.76. The molecular weight excluding hydrogens is 358 g/mol. The molecule has 2 aromatic rings. The summed E-state index contributed by atoms with van der Waals surface area (Å²) in [6.07, 6.45) is 0. The molecule has 28 heavy (non-hydrogen) atoms. The van der Waals surface area contributed by atoms with Crippen LogP contribution < -0.4 is 20.4 Å². The summed E-state index contributed by atoms with van der Waals surface area (Å²) >= 11 is 0. The highest BCUT2D eigenvalue weighted by molar-refractivity contribution is 6.62. The standard InChI is InChI=1S/C20H26B2O6/c1-19(2)20(3,4)28-22(27-19)16-7-11-18(12-8-16)26-14-13-25-17-9-5-15(6-10-17)21(23)24/h5-12,23-24H,13-14H2,1-4H3. The van der Waals surface area contributed by atoms with E-state index in [1.165, 1.54) is 0 Å². The Kier molecular flexibility index (Phi) is 6.05. The lowest BCUT2D eigenvalue weighted by Gasteiger charge is -2.32. The average Bonchev–Trinajstić information content (AvgIpc) is 2.87. The van der Waals surface area contributed by atoms with Gasteiger partial charge in [-0.1, -0.05) is 24.3 Å². The lowest BCUT2D eigenvalue weighted by molar-refractivity contribution is 0.00578. The van der Waals surface area contributed by atoms with Gasteiger partial charge in [0.1, 0.15) is 24.7 Å². The maximum Gasteiger partial charge on any atom is 0.494 e. The first-order chi connectivity index (χ1) is 13.2. The van der Waals surface area contributed by atoms with Gasteiger partial charge >= 0.3 is 14.2 Å². The second kappa shape index (κ2) is 8.17. The zero-order chi connectivity index (χ0) is 20.4. The summed E-state index contributed by atoms with van der Waals surface area (Å²) in [6, 6.07) is 14.2. The highest BCUT2D eigenvalue weighted by atomic mass is 16.7. The molecule has 0 aromatic heterocycles. The molecule has 148 valence electrons. The van der Waals surface area contributed by atoms with Crippen LogP contribution in [0.25, 0.3) is 0 Å². The van der Waals surface area contributed by atoms with Crippen LogP contribution >= 0.6 is 0 Å². The van der Waals surface area contributed by atoms with Crippen molar-refractivity contribution in [3.05, 3.63) is 48.5 Å². The molecule has 1 aliphatic rings. The van der Waals surface area contributed by atoms with Crippen molar-refractivity contribution in [1.29, 1.82) is 0 Å². The van der Waals surface area contributed by atoms with Crippen LogP contribution in [0.3, 0.4) is 0 Å². The van der Waals surface area contributed by atoms with Gasteiger partial charge in [-0.05, 0) is 62.9 Å². The minimum absolute atomic E-state index is 0.363. The van der Waals surface area contributed by atoms with Crippen LogP contribution in [-0.4, -0.2) is 48.7 Å². The highest BCUT2D eigenvalue weighted by Crippen LogP contribution is 2.36. The van der Waals surface area contributed by atoms with E-state index >= 15 is 0 Å². The second-order valence-corrected chi connectivity index (χ2v) is 7.80. The van der Waals surface area contributed by atoms with E-state index in [-0.39, 0.29) is 18.3 Å². The van der Waals surface area contributed by atoms with Crippen LogP contribution in [0.1, 0.15) is 27.7 Å². The molecule has 3 rings (SSSR count). The van der Waals surface area contributed by atoms with Crippen molar-refractivity contribution in [2.75, 3.05) is 13.2 Å². The van der Waals surface area contributed by atoms with Gasteiger partial charge in [-0.2, -0.15) is 0 Å². The van der Waals surface area contributed by atoms with E-state index in [0.29, 0.717) is 24.4 Å². The number of hydrogen-bond acceptors (Lipinski definition) is 6. The Morgan fingerprint density at radius 3 is 1.64 bits per heavy atom. The molecule has 1 aliphatic heterocycles. The van der Waals surface area contributed by atoms with Crippen LogP contribution in [0, 0.1) is 0 Å². The molecule has 0 saturated carbocycles. The second-order valence-electron chi connectivity index (χ2n) is 7.80. The van der Waals surface area contributed by atoms with Crippen molar-refractivity contribution >= 4 is 25.2 Å². The summed E-state index contributed by atoms with van der Waals surface area (Å²) in [6.45, 7) is 8.89. The Bertz CT molecular complexity index is 758. The molecule has 0 radical (unpaired) electrons. The predicted molar refractivity (Wildman–Crippen MR) is 109 cm³/mol. The highest BCUT2D eigenvalue weighted by Gasteiger charge is 2.51.